The first kappa shape index (κ1) is 33.2. The Morgan fingerprint density at radius 2 is 0.861 bits per heavy atom. The number of hydrogen-bond donors (Lipinski definition) is 0. The maximum atomic E-state index is 13.8. The van der Waals surface area contributed by atoms with Crippen molar-refractivity contribution in [1.82, 2.24) is 0 Å². The van der Waals surface area contributed by atoms with Gasteiger partial charge in [0.25, 0.3) is 0 Å². The number of hydrogen-bond acceptors (Lipinski definition) is 6. The molecule has 0 heterocycles. The summed E-state index contributed by atoms with van der Waals surface area (Å²) < 4.78 is 181. The molecule has 36 heavy (non-hydrogen) atoms. The molecule has 0 N–H and O–H groups in total. The summed E-state index contributed by atoms with van der Waals surface area (Å²) in [7, 11) is 0. The van der Waals surface area contributed by atoms with Crippen LogP contribution in [0.25, 0.3) is 0 Å². The lowest BCUT2D eigenvalue weighted by Gasteiger charge is -2.39. The molecule has 0 aliphatic rings. The minimum Gasteiger partial charge on any atom is -0.502 e. The Balaban J connectivity index is 5.88. The van der Waals surface area contributed by atoms with E-state index >= 15 is 0 Å². The molecule has 0 fully saturated rings. The second-order valence-electron chi connectivity index (χ2n) is 6.50. The van der Waals surface area contributed by atoms with E-state index in [4.69, 9.17) is 0 Å². The molecule has 0 spiro atoms. The third-order valence-electron chi connectivity index (χ3n) is 4.04. The molecule has 0 saturated heterocycles. The van der Waals surface area contributed by atoms with Gasteiger partial charge in [-0.1, -0.05) is 13.2 Å². The molecule has 0 radical (unpaired) electrons. The average molecular weight is 558 g/mol. The first-order chi connectivity index (χ1) is 16.2. The fourth-order valence-corrected chi connectivity index (χ4v) is 2.03. The number of halogens is 12. The van der Waals surface area contributed by atoms with Crippen molar-refractivity contribution in [3.63, 3.8) is 0 Å². The van der Waals surface area contributed by atoms with Crippen LogP contribution in [0.1, 0.15) is 12.8 Å². The number of carbonyl (C=O) groups excluding carboxylic acids is 2. The lowest BCUT2D eigenvalue weighted by atomic mass is 9.91. The smallest absolute Gasteiger partial charge is 0.410 e. The largest absolute Gasteiger partial charge is 0.502 e. The summed E-state index contributed by atoms with van der Waals surface area (Å²) in [5.41, 5.74) is 0. The zero-order chi connectivity index (χ0) is 28.6. The van der Waals surface area contributed by atoms with Crippen LogP contribution in [0, 0.1) is 0 Å². The summed E-state index contributed by atoms with van der Waals surface area (Å²) in [6, 6.07) is 0. The summed E-state index contributed by atoms with van der Waals surface area (Å²) in [6.45, 7) is 2.51. The standard InChI is InChI=1S/C18H18F12O6/c1-3-33-7-5-6-8-35-11(31)13(19,20)15(23,24)17(27,28)18(29,30)16(25,26)14(21,22)12(32)36-10-9-34-4-2/h3-4H,1-2,5-10H2. The lowest BCUT2D eigenvalue weighted by molar-refractivity contribution is -0.417. The molecule has 0 amide bonds. The molecule has 0 aliphatic heterocycles. The molecule has 18 heteroatoms. The molecule has 0 aromatic carbocycles. The maximum absolute atomic E-state index is 13.8. The predicted octanol–water partition coefficient (Wildman–Crippen LogP) is 4.99. The fraction of sp³-hybridized carbons (Fsp3) is 0.667. The normalized spacial score (nSPS) is 13.6. The summed E-state index contributed by atoms with van der Waals surface area (Å²) in [6.07, 6.45) is 1.06. The molecule has 210 valence electrons. The van der Waals surface area contributed by atoms with Gasteiger partial charge in [0.1, 0.15) is 13.2 Å². The van der Waals surface area contributed by atoms with E-state index in [2.05, 4.69) is 32.1 Å². The number of carbonyl (C=O) groups is 2. The topological polar surface area (TPSA) is 71.1 Å². The van der Waals surface area contributed by atoms with Gasteiger partial charge in [-0.15, -0.1) is 0 Å². The molecular weight excluding hydrogens is 540 g/mol. The third kappa shape index (κ3) is 6.11. The van der Waals surface area contributed by atoms with Crippen molar-refractivity contribution in [1.29, 1.82) is 0 Å². The van der Waals surface area contributed by atoms with Gasteiger partial charge in [-0.25, -0.2) is 9.59 Å². The molecule has 0 bridgehead atoms. The maximum Gasteiger partial charge on any atom is 0.410 e. The highest BCUT2D eigenvalue weighted by Gasteiger charge is 2.92. The number of unbranched alkanes of at least 4 members (excludes halogenated alkanes) is 1. The zero-order valence-electron chi connectivity index (χ0n) is 17.8. The van der Waals surface area contributed by atoms with Crippen LogP contribution in [-0.4, -0.2) is 73.9 Å². The fourth-order valence-electron chi connectivity index (χ4n) is 2.03. The van der Waals surface area contributed by atoms with Gasteiger partial charge in [-0.05, 0) is 12.8 Å². The summed E-state index contributed by atoms with van der Waals surface area (Å²) in [4.78, 5) is 22.3. The van der Waals surface area contributed by atoms with E-state index in [0.717, 1.165) is 6.26 Å². The van der Waals surface area contributed by atoms with Crippen molar-refractivity contribution in [3.8, 4) is 0 Å². The molecule has 0 unspecified atom stereocenters. The highest BCUT2D eigenvalue weighted by atomic mass is 19.4. The Morgan fingerprint density at radius 1 is 0.528 bits per heavy atom. The van der Waals surface area contributed by atoms with Crippen molar-refractivity contribution >= 4 is 11.9 Å². The Morgan fingerprint density at radius 3 is 1.25 bits per heavy atom. The van der Waals surface area contributed by atoms with Crippen LogP contribution < -0.4 is 0 Å². The van der Waals surface area contributed by atoms with E-state index < -0.39 is 73.7 Å². The first-order valence-corrected chi connectivity index (χ1v) is 9.28. The Labute approximate surface area is 194 Å². The molecule has 0 aliphatic carbocycles. The van der Waals surface area contributed by atoms with Crippen LogP contribution in [0.3, 0.4) is 0 Å². The summed E-state index contributed by atoms with van der Waals surface area (Å²) in [5.74, 6) is -52.6. The van der Waals surface area contributed by atoms with Gasteiger partial charge in [0.2, 0.25) is 0 Å². The molecule has 0 atom stereocenters. The minimum atomic E-state index is -8.06. The molecule has 0 rings (SSSR count). The van der Waals surface area contributed by atoms with Crippen LogP contribution in [0.4, 0.5) is 52.7 Å². The van der Waals surface area contributed by atoms with Gasteiger partial charge in [0.05, 0.1) is 25.7 Å². The van der Waals surface area contributed by atoms with E-state index in [9.17, 15) is 62.3 Å². The molecule has 0 saturated carbocycles. The van der Waals surface area contributed by atoms with Gasteiger partial charge in [0.15, 0.2) is 0 Å². The molecule has 0 aromatic rings. The lowest BCUT2D eigenvalue weighted by Crippen LogP contribution is -2.72. The van der Waals surface area contributed by atoms with Gasteiger partial charge in [-0.3, -0.25) is 0 Å². The summed E-state index contributed by atoms with van der Waals surface area (Å²) >= 11 is 0. The van der Waals surface area contributed by atoms with Gasteiger partial charge in [-0.2, -0.15) is 52.7 Å². The van der Waals surface area contributed by atoms with Crippen LogP contribution >= 0.6 is 0 Å². The second-order valence-corrected chi connectivity index (χ2v) is 6.50. The van der Waals surface area contributed by atoms with E-state index in [1.807, 2.05) is 0 Å². The van der Waals surface area contributed by atoms with Crippen molar-refractivity contribution in [3.05, 3.63) is 25.7 Å². The number of esters is 2. The highest BCUT2D eigenvalue weighted by Crippen LogP contribution is 2.60. The third-order valence-corrected chi connectivity index (χ3v) is 4.04. The summed E-state index contributed by atoms with van der Waals surface area (Å²) in [5, 5.41) is 0. The molecular formula is C18H18F12O6. The average Bonchev–Trinajstić information content (AvgIpc) is 2.77. The van der Waals surface area contributed by atoms with Crippen molar-refractivity contribution in [2.75, 3.05) is 26.4 Å². The van der Waals surface area contributed by atoms with E-state index in [0.29, 0.717) is 6.26 Å². The van der Waals surface area contributed by atoms with Crippen molar-refractivity contribution < 1.29 is 81.2 Å². The number of alkyl halides is 12. The van der Waals surface area contributed by atoms with Crippen molar-refractivity contribution in [2.45, 2.75) is 48.4 Å². The second kappa shape index (κ2) is 11.9. The molecule has 6 nitrogen and oxygen atoms in total. The van der Waals surface area contributed by atoms with Crippen molar-refractivity contribution in [2.24, 2.45) is 0 Å². The van der Waals surface area contributed by atoms with Crippen LogP contribution in [0.15, 0.2) is 25.7 Å². The minimum absolute atomic E-state index is 0.0907. The van der Waals surface area contributed by atoms with Gasteiger partial charge in [0, 0.05) is 0 Å². The van der Waals surface area contributed by atoms with Gasteiger partial charge >= 0.3 is 47.5 Å². The van der Waals surface area contributed by atoms with Crippen LogP contribution in [0.2, 0.25) is 0 Å². The van der Waals surface area contributed by atoms with Crippen LogP contribution in [0.5, 0.6) is 0 Å². The van der Waals surface area contributed by atoms with E-state index in [1.165, 1.54) is 0 Å². The Kier molecular flexibility index (Phi) is 11.0. The van der Waals surface area contributed by atoms with Gasteiger partial charge < -0.3 is 18.9 Å². The Hall–Kier alpha value is -2.82. The Bertz CT molecular complexity index is 785. The first-order valence-electron chi connectivity index (χ1n) is 9.28. The quantitative estimate of drug-likeness (QED) is 0.109. The highest BCUT2D eigenvalue weighted by molar-refractivity contribution is 5.80. The molecule has 0 aromatic heterocycles. The SMILES string of the molecule is C=COCCCCOC(=O)C(F)(F)C(F)(F)C(F)(F)C(F)(F)C(F)(F)C(F)(F)C(=O)OCCOC=C. The monoisotopic (exact) mass is 558 g/mol. The van der Waals surface area contributed by atoms with E-state index in [1.54, 1.807) is 0 Å². The van der Waals surface area contributed by atoms with E-state index in [-0.39, 0.29) is 13.0 Å². The van der Waals surface area contributed by atoms with Crippen LogP contribution in [-0.2, 0) is 28.5 Å². The zero-order valence-corrected chi connectivity index (χ0v) is 17.8. The number of rotatable bonds is 17. The number of ether oxygens (including phenoxy) is 4. The predicted molar refractivity (Wildman–Crippen MR) is 93.1 cm³/mol.